The second-order valence-corrected chi connectivity index (χ2v) is 5.63. The summed E-state index contributed by atoms with van der Waals surface area (Å²) >= 11 is 0. The van der Waals surface area contributed by atoms with Gasteiger partial charge in [-0.15, -0.1) is 0 Å². The zero-order chi connectivity index (χ0) is 18.4. The van der Waals surface area contributed by atoms with Crippen molar-refractivity contribution in [3.8, 4) is 11.5 Å². The Hall–Kier alpha value is -3.28. The smallest absolute Gasteiger partial charge is 0.229 e. The van der Waals surface area contributed by atoms with Crippen LogP contribution >= 0.6 is 0 Å². The normalized spacial score (nSPS) is 10.3. The fraction of sp³-hybridized carbons (Fsp3) is 0.200. The van der Waals surface area contributed by atoms with Gasteiger partial charge in [-0.3, -0.25) is 0 Å². The fourth-order valence-electron chi connectivity index (χ4n) is 2.49. The first-order valence-electron chi connectivity index (χ1n) is 8.40. The van der Waals surface area contributed by atoms with E-state index in [0.29, 0.717) is 17.5 Å². The van der Waals surface area contributed by atoms with Gasteiger partial charge in [0.2, 0.25) is 5.95 Å². The lowest BCUT2D eigenvalue weighted by atomic mass is 10.1. The van der Waals surface area contributed by atoms with Crippen LogP contribution in [0.5, 0.6) is 11.5 Å². The molecule has 6 heteroatoms. The van der Waals surface area contributed by atoms with Gasteiger partial charge in [0, 0.05) is 18.0 Å². The van der Waals surface area contributed by atoms with E-state index in [1.165, 1.54) is 5.56 Å². The quantitative estimate of drug-likeness (QED) is 0.652. The highest BCUT2D eigenvalue weighted by Gasteiger charge is 2.08. The number of methoxy groups -OCH3 is 2. The molecule has 1 aromatic heterocycles. The van der Waals surface area contributed by atoms with Crippen molar-refractivity contribution >= 4 is 23.1 Å². The summed E-state index contributed by atoms with van der Waals surface area (Å²) in [5, 5.41) is 6.46. The molecule has 2 aromatic carbocycles. The van der Waals surface area contributed by atoms with Crippen molar-refractivity contribution in [2.45, 2.75) is 13.3 Å². The lowest BCUT2D eigenvalue weighted by molar-refractivity contribution is 0.405. The van der Waals surface area contributed by atoms with Gasteiger partial charge in [-0.05, 0) is 42.3 Å². The van der Waals surface area contributed by atoms with Crippen molar-refractivity contribution in [3.63, 3.8) is 0 Å². The third-order valence-electron chi connectivity index (χ3n) is 3.94. The number of hydrogen-bond donors (Lipinski definition) is 2. The molecule has 0 aliphatic carbocycles. The molecule has 1 heterocycles. The topological polar surface area (TPSA) is 68.3 Å². The van der Waals surface area contributed by atoms with Crippen molar-refractivity contribution < 1.29 is 9.47 Å². The summed E-state index contributed by atoms with van der Waals surface area (Å²) < 4.78 is 10.6. The van der Waals surface area contributed by atoms with E-state index < -0.39 is 0 Å². The van der Waals surface area contributed by atoms with Crippen molar-refractivity contribution in [3.05, 3.63) is 60.3 Å². The van der Waals surface area contributed by atoms with Crippen LogP contribution in [0, 0.1) is 0 Å². The molecule has 0 unspecified atom stereocenters. The number of ether oxygens (including phenoxy) is 2. The summed E-state index contributed by atoms with van der Waals surface area (Å²) in [6.07, 6.45) is 2.72. The molecule has 6 nitrogen and oxygen atoms in total. The van der Waals surface area contributed by atoms with E-state index in [1.807, 2.05) is 36.4 Å². The van der Waals surface area contributed by atoms with E-state index in [0.717, 1.165) is 23.5 Å². The molecule has 26 heavy (non-hydrogen) atoms. The first kappa shape index (κ1) is 17.5. The number of nitrogens with zero attached hydrogens (tertiary/aromatic N) is 2. The molecule has 3 aromatic rings. The molecular formula is C20H22N4O2. The molecule has 134 valence electrons. The highest BCUT2D eigenvalue weighted by atomic mass is 16.5. The van der Waals surface area contributed by atoms with Crippen LogP contribution in [0.3, 0.4) is 0 Å². The molecule has 0 fully saturated rings. The lowest BCUT2D eigenvalue weighted by Gasteiger charge is -2.12. The second-order valence-electron chi connectivity index (χ2n) is 5.63. The molecule has 0 bridgehead atoms. The van der Waals surface area contributed by atoms with Gasteiger partial charge in [0.25, 0.3) is 0 Å². The molecular weight excluding hydrogens is 328 g/mol. The predicted molar refractivity (Wildman–Crippen MR) is 104 cm³/mol. The summed E-state index contributed by atoms with van der Waals surface area (Å²) in [6.45, 7) is 2.14. The van der Waals surface area contributed by atoms with Gasteiger partial charge >= 0.3 is 0 Å². The SMILES string of the molecule is CCc1ccc(Nc2ccnc(Nc3cc(OC)ccc3OC)n2)cc1. The number of anilines is 4. The van der Waals surface area contributed by atoms with Crippen LogP contribution in [-0.2, 0) is 6.42 Å². The van der Waals surface area contributed by atoms with Crippen molar-refractivity contribution in [1.29, 1.82) is 0 Å². The maximum Gasteiger partial charge on any atom is 0.229 e. The first-order valence-corrected chi connectivity index (χ1v) is 8.40. The van der Waals surface area contributed by atoms with Gasteiger partial charge in [0.1, 0.15) is 17.3 Å². The van der Waals surface area contributed by atoms with Crippen LogP contribution in [0.25, 0.3) is 0 Å². The zero-order valence-corrected chi connectivity index (χ0v) is 15.1. The Morgan fingerprint density at radius 2 is 1.73 bits per heavy atom. The molecule has 0 amide bonds. The van der Waals surface area contributed by atoms with Crippen LogP contribution in [0.2, 0.25) is 0 Å². The molecule has 3 rings (SSSR count). The second kappa shape index (κ2) is 8.20. The lowest BCUT2D eigenvalue weighted by Crippen LogP contribution is -2.02. The van der Waals surface area contributed by atoms with Crippen molar-refractivity contribution in [2.24, 2.45) is 0 Å². The third-order valence-corrected chi connectivity index (χ3v) is 3.94. The number of benzene rings is 2. The maximum absolute atomic E-state index is 5.38. The molecule has 0 aliphatic rings. The minimum Gasteiger partial charge on any atom is -0.497 e. The molecule has 0 spiro atoms. The molecule has 2 N–H and O–H groups in total. The average molecular weight is 350 g/mol. The minimum absolute atomic E-state index is 0.465. The van der Waals surface area contributed by atoms with Gasteiger partial charge < -0.3 is 20.1 Å². The molecule has 0 saturated carbocycles. The summed E-state index contributed by atoms with van der Waals surface area (Å²) in [7, 11) is 3.24. The first-order chi connectivity index (χ1) is 12.7. The monoisotopic (exact) mass is 350 g/mol. The molecule has 0 saturated heterocycles. The fourth-order valence-corrected chi connectivity index (χ4v) is 2.49. The summed E-state index contributed by atoms with van der Waals surface area (Å²) in [4.78, 5) is 8.78. The Morgan fingerprint density at radius 1 is 0.923 bits per heavy atom. The average Bonchev–Trinajstić information content (AvgIpc) is 2.69. The standard InChI is InChI=1S/C20H22N4O2/c1-4-14-5-7-15(8-6-14)22-19-11-12-21-20(24-19)23-17-13-16(25-2)9-10-18(17)26-3/h5-13H,4H2,1-3H3,(H2,21,22,23,24). The molecule has 0 aliphatic heterocycles. The Balaban J connectivity index is 1.79. The maximum atomic E-state index is 5.38. The van der Waals surface area contributed by atoms with Crippen molar-refractivity contribution in [2.75, 3.05) is 24.9 Å². The highest BCUT2D eigenvalue weighted by molar-refractivity contribution is 5.66. The predicted octanol–water partition coefficient (Wildman–Crippen LogP) is 4.54. The van der Waals surface area contributed by atoms with E-state index in [4.69, 9.17) is 9.47 Å². The van der Waals surface area contributed by atoms with Gasteiger partial charge in [-0.2, -0.15) is 4.98 Å². The van der Waals surface area contributed by atoms with E-state index in [-0.39, 0.29) is 0 Å². The Kier molecular flexibility index (Phi) is 5.53. The van der Waals surface area contributed by atoms with E-state index in [9.17, 15) is 0 Å². The number of aromatic nitrogens is 2. The van der Waals surface area contributed by atoms with E-state index in [1.54, 1.807) is 20.4 Å². The largest absolute Gasteiger partial charge is 0.497 e. The summed E-state index contributed by atoms with van der Waals surface area (Å²) in [6, 6.07) is 15.6. The Bertz CT molecular complexity index is 866. The number of rotatable bonds is 7. The zero-order valence-electron chi connectivity index (χ0n) is 15.1. The van der Waals surface area contributed by atoms with Gasteiger partial charge in [-0.25, -0.2) is 4.98 Å². The number of hydrogen-bond acceptors (Lipinski definition) is 6. The summed E-state index contributed by atoms with van der Waals surface area (Å²) in [5.41, 5.74) is 3.01. The molecule has 0 radical (unpaired) electrons. The Morgan fingerprint density at radius 3 is 2.42 bits per heavy atom. The van der Waals surface area contributed by atoms with Crippen LogP contribution < -0.4 is 20.1 Å². The van der Waals surface area contributed by atoms with Crippen LogP contribution in [0.4, 0.5) is 23.1 Å². The van der Waals surface area contributed by atoms with Gasteiger partial charge in [-0.1, -0.05) is 19.1 Å². The molecule has 0 atom stereocenters. The van der Waals surface area contributed by atoms with E-state index >= 15 is 0 Å². The van der Waals surface area contributed by atoms with Crippen molar-refractivity contribution in [1.82, 2.24) is 9.97 Å². The van der Waals surface area contributed by atoms with Gasteiger partial charge in [0.05, 0.1) is 19.9 Å². The number of nitrogens with one attached hydrogen (secondary N) is 2. The summed E-state index contributed by atoms with van der Waals surface area (Å²) in [5.74, 6) is 2.57. The van der Waals surface area contributed by atoms with Crippen LogP contribution in [0.1, 0.15) is 12.5 Å². The third kappa shape index (κ3) is 4.22. The Labute approximate surface area is 153 Å². The van der Waals surface area contributed by atoms with Crippen LogP contribution in [0.15, 0.2) is 54.7 Å². The number of aryl methyl sites for hydroxylation is 1. The van der Waals surface area contributed by atoms with Gasteiger partial charge in [0.15, 0.2) is 0 Å². The van der Waals surface area contributed by atoms with E-state index in [2.05, 4.69) is 39.7 Å². The highest BCUT2D eigenvalue weighted by Crippen LogP contribution is 2.30. The van der Waals surface area contributed by atoms with Crippen LogP contribution in [-0.4, -0.2) is 24.2 Å². The minimum atomic E-state index is 0.465.